The summed E-state index contributed by atoms with van der Waals surface area (Å²) in [5.74, 6) is 2.35. The number of amidine groups is 1. The van der Waals surface area contributed by atoms with Crippen molar-refractivity contribution in [1.29, 1.82) is 0 Å². The largest absolute Gasteiger partial charge is 0.287 e. The van der Waals surface area contributed by atoms with Crippen LogP contribution in [0, 0.1) is 18.8 Å². The first-order valence-electron chi connectivity index (χ1n) is 19.4. The van der Waals surface area contributed by atoms with Crippen LogP contribution < -0.4 is 5.30 Å². The second kappa shape index (κ2) is 16.4. The molecule has 2 unspecified atom stereocenters. The molecule has 2 aromatic carbocycles. The molecule has 0 N–H and O–H groups in total. The van der Waals surface area contributed by atoms with Gasteiger partial charge in [0.25, 0.3) is 5.91 Å². The lowest BCUT2D eigenvalue weighted by atomic mass is 9.74. The Morgan fingerprint density at radius 2 is 1.41 bits per heavy atom. The molecule has 0 saturated heterocycles. The van der Waals surface area contributed by atoms with Gasteiger partial charge >= 0.3 is 0 Å². The zero-order chi connectivity index (χ0) is 31.9. The average Bonchev–Trinajstić information content (AvgIpc) is 3.50. The molecule has 6 rings (SSSR count). The molecule has 0 radical (unpaired) electrons. The van der Waals surface area contributed by atoms with Crippen molar-refractivity contribution in [3.8, 4) is 0 Å². The third-order valence-electron chi connectivity index (χ3n) is 12.1. The second-order valence-electron chi connectivity index (χ2n) is 15.3. The highest BCUT2D eigenvalue weighted by molar-refractivity contribution is 7.67. The smallest absolute Gasteiger partial charge is 0.260 e. The Balaban J connectivity index is 1.47. The van der Waals surface area contributed by atoms with Gasteiger partial charge in [0.2, 0.25) is 0 Å². The number of carbonyl (C=O) groups is 1. The maximum atomic E-state index is 15.1. The van der Waals surface area contributed by atoms with Gasteiger partial charge in [0, 0.05) is 11.1 Å². The van der Waals surface area contributed by atoms with Crippen LogP contribution in [0.3, 0.4) is 0 Å². The first-order valence-corrected chi connectivity index (χ1v) is 20.9. The Hall–Kier alpha value is -1.99. The highest BCUT2D eigenvalue weighted by Gasteiger charge is 2.48. The Labute approximate surface area is 282 Å². The van der Waals surface area contributed by atoms with Crippen LogP contribution >= 0.6 is 7.92 Å². The number of amides is 1. The predicted octanol–water partition coefficient (Wildman–Crippen LogP) is 11.2. The summed E-state index contributed by atoms with van der Waals surface area (Å²) in [5.41, 5.74) is 4.71. The lowest BCUT2D eigenvalue weighted by molar-refractivity contribution is 0.0700. The summed E-state index contributed by atoms with van der Waals surface area (Å²) < 4.78 is 0. The maximum Gasteiger partial charge on any atom is 0.260 e. The lowest BCUT2D eigenvalue weighted by Gasteiger charge is -2.40. The monoisotopic (exact) mass is 640 g/mol. The van der Waals surface area contributed by atoms with E-state index in [9.17, 15) is 0 Å². The normalized spacial score (nSPS) is 24.9. The maximum absolute atomic E-state index is 15.1. The number of carbonyl (C=O) groups excluding carboxylic acids is 1. The Morgan fingerprint density at radius 3 is 2.09 bits per heavy atom. The topological polar surface area (TPSA) is 32.7 Å². The zero-order valence-corrected chi connectivity index (χ0v) is 30.2. The zero-order valence-electron chi connectivity index (χ0n) is 29.3. The summed E-state index contributed by atoms with van der Waals surface area (Å²) >= 11 is 0. The Morgan fingerprint density at radius 1 is 0.804 bits per heavy atom. The van der Waals surface area contributed by atoms with Gasteiger partial charge in [-0.1, -0.05) is 141 Å². The minimum Gasteiger partial charge on any atom is -0.287 e. The molecule has 250 valence electrons. The fraction of sp³-hybridized carbons (Fsp3) is 0.667. The van der Waals surface area contributed by atoms with Crippen LogP contribution in [0.5, 0.6) is 0 Å². The van der Waals surface area contributed by atoms with Crippen molar-refractivity contribution < 1.29 is 4.79 Å². The van der Waals surface area contributed by atoms with Crippen LogP contribution in [-0.4, -0.2) is 40.0 Å². The molecule has 0 bridgehead atoms. The first-order chi connectivity index (χ1) is 22.6. The number of unbranched alkanes of at least 4 members (excludes halogenated alkanes) is 2. The van der Waals surface area contributed by atoms with Gasteiger partial charge in [-0.05, 0) is 92.0 Å². The van der Waals surface area contributed by atoms with Gasteiger partial charge in [-0.25, -0.2) is 0 Å². The molecule has 2 aromatic rings. The molecule has 3 fully saturated rings. The van der Waals surface area contributed by atoms with Gasteiger partial charge in [0.15, 0.2) is 0 Å². The molecule has 4 heteroatoms. The molecular formula is C42H61N2OP. The van der Waals surface area contributed by atoms with Gasteiger partial charge in [0.1, 0.15) is 5.84 Å². The molecular weight excluding hydrogens is 579 g/mol. The van der Waals surface area contributed by atoms with Crippen LogP contribution in [0.15, 0.2) is 53.5 Å². The van der Waals surface area contributed by atoms with Gasteiger partial charge in [-0.15, -0.1) is 0 Å². The number of hydrogen-bond acceptors (Lipinski definition) is 2. The van der Waals surface area contributed by atoms with E-state index in [0.717, 1.165) is 22.6 Å². The van der Waals surface area contributed by atoms with Crippen LogP contribution in [0.25, 0.3) is 0 Å². The highest BCUT2D eigenvalue weighted by Crippen LogP contribution is 2.53. The lowest BCUT2D eigenvalue weighted by Crippen LogP contribution is -2.51. The van der Waals surface area contributed by atoms with Crippen molar-refractivity contribution in [1.82, 2.24) is 4.90 Å². The van der Waals surface area contributed by atoms with Crippen molar-refractivity contribution in [2.75, 3.05) is 0 Å². The van der Waals surface area contributed by atoms with Crippen molar-refractivity contribution in [2.45, 2.75) is 166 Å². The van der Waals surface area contributed by atoms with Gasteiger partial charge in [-0.3, -0.25) is 14.7 Å². The number of aryl methyl sites for hydroxylation is 1. The van der Waals surface area contributed by atoms with Crippen molar-refractivity contribution >= 4 is 25.0 Å². The Kier molecular flexibility index (Phi) is 12.1. The van der Waals surface area contributed by atoms with E-state index in [4.69, 9.17) is 4.99 Å². The first kappa shape index (κ1) is 33.9. The van der Waals surface area contributed by atoms with E-state index in [1.165, 1.54) is 128 Å². The average molecular weight is 641 g/mol. The summed E-state index contributed by atoms with van der Waals surface area (Å²) in [4.78, 5) is 23.2. The standard InChI is InChI=1S/C42H61N2OP/c1-4-5-9-21-32(3)46(35-26-14-8-15-27-35)38-30-19-18-29-37(38)41-43-39(33-22-10-6-11-23-33)40(34-24-12-7-13-25-34)44(41)42(45)36-28-17-16-20-31(36)2/h16-20,28-30,32-35,39-40H,4-15,21-27H2,1-3H3/t32?,39-,40-,46?/m1/s1. The van der Waals surface area contributed by atoms with Crippen LogP contribution in [-0.2, 0) is 0 Å². The summed E-state index contributed by atoms with van der Waals surface area (Å²) in [7, 11) is -0.364. The molecule has 4 atom stereocenters. The molecule has 1 heterocycles. The number of rotatable bonds is 11. The molecule has 1 aliphatic heterocycles. The molecule has 1 amide bonds. The van der Waals surface area contributed by atoms with Gasteiger partial charge in [0.05, 0.1) is 12.1 Å². The number of hydrogen-bond donors (Lipinski definition) is 0. The summed E-state index contributed by atoms with van der Waals surface area (Å²) in [6, 6.07) is 18.1. The predicted molar refractivity (Wildman–Crippen MR) is 198 cm³/mol. The third kappa shape index (κ3) is 7.51. The quantitative estimate of drug-likeness (QED) is 0.178. The summed E-state index contributed by atoms with van der Waals surface area (Å²) in [5, 5.41) is 1.54. The minimum absolute atomic E-state index is 0.182. The molecule has 4 aliphatic rings. The third-order valence-corrected chi connectivity index (χ3v) is 15.6. The molecule has 0 aromatic heterocycles. The molecule has 0 spiro atoms. The number of benzene rings is 2. The number of aliphatic imine (C=N–C) groups is 1. The summed E-state index contributed by atoms with van der Waals surface area (Å²) in [6.07, 6.45) is 25.0. The van der Waals surface area contributed by atoms with Crippen molar-refractivity contribution in [3.63, 3.8) is 0 Å². The van der Waals surface area contributed by atoms with E-state index >= 15 is 4.79 Å². The SMILES string of the molecule is CCCCCC(C)P(c1ccccc1C1=N[C@H](C2CCCCC2)[C@@H](C2CCCCC2)N1C(=O)c1ccccc1C)C1CCCCC1. The van der Waals surface area contributed by atoms with E-state index in [-0.39, 0.29) is 25.9 Å². The van der Waals surface area contributed by atoms with Crippen LogP contribution in [0.1, 0.15) is 157 Å². The van der Waals surface area contributed by atoms with Gasteiger partial charge in [-0.2, -0.15) is 0 Å². The van der Waals surface area contributed by atoms with Crippen molar-refractivity contribution in [2.24, 2.45) is 16.8 Å². The summed E-state index contributed by atoms with van der Waals surface area (Å²) in [6.45, 7) is 7.01. The van der Waals surface area contributed by atoms with Crippen LogP contribution in [0.4, 0.5) is 0 Å². The minimum atomic E-state index is -0.364. The van der Waals surface area contributed by atoms with E-state index in [2.05, 4.69) is 74.2 Å². The Bertz CT molecular complexity index is 1300. The van der Waals surface area contributed by atoms with Gasteiger partial charge < -0.3 is 0 Å². The fourth-order valence-electron chi connectivity index (χ4n) is 9.64. The molecule has 46 heavy (non-hydrogen) atoms. The van der Waals surface area contributed by atoms with Crippen LogP contribution in [0.2, 0.25) is 0 Å². The van der Waals surface area contributed by atoms with E-state index < -0.39 is 0 Å². The number of nitrogens with zero attached hydrogens (tertiary/aromatic N) is 2. The van der Waals surface area contributed by atoms with E-state index in [0.29, 0.717) is 17.5 Å². The molecule has 3 saturated carbocycles. The highest BCUT2D eigenvalue weighted by atomic mass is 31.1. The van der Waals surface area contributed by atoms with Crippen molar-refractivity contribution in [3.05, 3.63) is 65.2 Å². The van der Waals surface area contributed by atoms with E-state index in [1.807, 2.05) is 0 Å². The second-order valence-corrected chi connectivity index (χ2v) is 18.2. The molecule has 3 nitrogen and oxygen atoms in total. The molecule has 3 aliphatic carbocycles. The fourth-order valence-corrected chi connectivity index (χ4v) is 13.3. The van der Waals surface area contributed by atoms with E-state index in [1.54, 1.807) is 5.30 Å².